The fraction of sp³-hybridized carbons (Fsp3) is 0.238. The maximum atomic E-state index is 12.2. The van der Waals surface area contributed by atoms with Crippen molar-refractivity contribution in [3.63, 3.8) is 0 Å². The average Bonchev–Trinajstić information content (AvgIpc) is 2.95. The number of carbonyl (C=O) groups is 1. The number of amidine groups is 1. The maximum Gasteiger partial charge on any atom is 0.264 e. The molecule has 1 N–H and O–H groups in total. The molecule has 26 heavy (non-hydrogen) atoms. The third-order valence-electron chi connectivity index (χ3n) is 4.15. The monoisotopic (exact) mass is 365 g/mol. The van der Waals surface area contributed by atoms with Crippen LogP contribution < -0.4 is 10.2 Å². The lowest BCUT2D eigenvalue weighted by molar-refractivity contribution is -0.115. The van der Waals surface area contributed by atoms with Gasteiger partial charge >= 0.3 is 0 Å². The van der Waals surface area contributed by atoms with Crippen LogP contribution in [-0.4, -0.2) is 25.2 Å². The lowest BCUT2D eigenvalue weighted by atomic mass is 10.0. The Labute approximate surface area is 159 Å². The summed E-state index contributed by atoms with van der Waals surface area (Å²) in [6.07, 6.45) is 1.89. The van der Waals surface area contributed by atoms with Gasteiger partial charge in [0.15, 0.2) is 5.17 Å². The first-order chi connectivity index (χ1) is 12.4. The normalized spacial score (nSPS) is 17.2. The fourth-order valence-electron chi connectivity index (χ4n) is 2.55. The average molecular weight is 366 g/mol. The molecule has 2 aromatic carbocycles. The Morgan fingerprint density at radius 1 is 1.04 bits per heavy atom. The predicted octanol–water partition coefficient (Wildman–Crippen LogP) is 4.77. The highest BCUT2D eigenvalue weighted by Crippen LogP contribution is 2.29. The zero-order chi connectivity index (χ0) is 18.7. The van der Waals surface area contributed by atoms with E-state index >= 15 is 0 Å². The summed E-state index contributed by atoms with van der Waals surface area (Å²) >= 11 is 1.37. The molecule has 1 aliphatic heterocycles. The first-order valence-corrected chi connectivity index (χ1v) is 9.41. The van der Waals surface area contributed by atoms with Gasteiger partial charge in [0.25, 0.3) is 5.91 Å². The summed E-state index contributed by atoms with van der Waals surface area (Å²) in [6, 6.07) is 16.2. The Bertz CT molecular complexity index is 850. The van der Waals surface area contributed by atoms with Crippen molar-refractivity contribution in [2.24, 2.45) is 4.99 Å². The van der Waals surface area contributed by atoms with Crippen molar-refractivity contribution in [1.82, 2.24) is 5.32 Å². The van der Waals surface area contributed by atoms with Gasteiger partial charge in [0, 0.05) is 19.8 Å². The van der Waals surface area contributed by atoms with Gasteiger partial charge in [0.05, 0.1) is 10.6 Å². The van der Waals surface area contributed by atoms with Crippen molar-refractivity contribution in [1.29, 1.82) is 0 Å². The number of hydrogen-bond acceptors (Lipinski definition) is 4. The molecule has 2 aromatic rings. The summed E-state index contributed by atoms with van der Waals surface area (Å²) in [5.41, 5.74) is 4.24. The van der Waals surface area contributed by atoms with E-state index in [1.807, 2.05) is 61.5 Å². The molecule has 0 spiro atoms. The quantitative estimate of drug-likeness (QED) is 0.794. The first-order valence-electron chi connectivity index (χ1n) is 8.59. The summed E-state index contributed by atoms with van der Waals surface area (Å²) in [6.45, 7) is 4.33. The van der Waals surface area contributed by atoms with Gasteiger partial charge in [0.1, 0.15) is 0 Å². The van der Waals surface area contributed by atoms with Crippen LogP contribution in [-0.2, 0) is 4.79 Å². The van der Waals surface area contributed by atoms with Crippen molar-refractivity contribution in [2.75, 3.05) is 19.0 Å². The number of thioether (sulfide) groups is 1. The van der Waals surface area contributed by atoms with Gasteiger partial charge in [-0.05, 0) is 59.1 Å². The third kappa shape index (κ3) is 4.35. The molecule has 0 bridgehead atoms. The van der Waals surface area contributed by atoms with Crippen LogP contribution >= 0.6 is 11.8 Å². The molecule has 1 heterocycles. The number of nitrogens with one attached hydrogen (secondary N) is 1. The molecule has 3 rings (SSSR count). The van der Waals surface area contributed by atoms with Crippen LogP contribution in [0.3, 0.4) is 0 Å². The second kappa shape index (κ2) is 7.79. The van der Waals surface area contributed by atoms with Crippen molar-refractivity contribution >= 4 is 40.3 Å². The van der Waals surface area contributed by atoms with Gasteiger partial charge < -0.3 is 10.2 Å². The highest BCUT2D eigenvalue weighted by molar-refractivity contribution is 8.18. The van der Waals surface area contributed by atoms with Crippen molar-refractivity contribution in [3.8, 4) is 0 Å². The van der Waals surface area contributed by atoms with Crippen molar-refractivity contribution < 1.29 is 4.79 Å². The lowest BCUT2D eigenvalue weighted by Crippen LogP contribution is -2.19. The minimum atomic E-state index is -0.107. The number of nitrogens with zero attached hydrogens (tertiary/aromatic N) is 2. The van der Waals surface area contributed by atoms with E-state index in [1.165, 1.54) is 17.3 Å². The number of hydrogen-bond donors (Lipinski definition) is 1. The largest absolute Gasteiger partial charge is 0.378 e. The van der Waals surface area contributed by atoms with E-state index in [9.17, 15) is 4.79 Å². The number of aliphatic imine (C=N–C) groups is 1. The van der Waals surface area contributed by atoms with Crippen LogP contribution in [0.25, 0.3) is 6.08 Å². The molecule has 0 radical (unpaired) electrons. The van der Waals surface area contributed by atoms with Crippen LogP contribution in [0.1, 0.15) is 30.9 Å². The molecule has 1 aliphatic rings. The van der Waals surface area contributed by atoms with E-state index in [2.05, 4.69) is 36.3 Å². The Morgan fingerprint density at radius 3 is 2.27 bits per heavy atom. The minimum absolute atomic E-state index is 0.107. The molecule has 0 saturated carbocycles. The molecule has 0 unspecified atom stereocenters. The van der Waals surface area contributed by atoms with Gasteiger partial charge in [-0.15, -0.1) is 0 Å². The van der Waals surface area contributed by atoms with Crippen molar-refractivity contribution in [2.45, 2.75) is 19.8 Å². The molecular weight excluding hydrogens is 342 g/mol. The molecule has 4 nitrogen and oxygen atoms in total. The van der Waals surface area contributed by atoms with Crippen LogP contribution in [0.2, 0.25) is 0 Å². The Kier molecular flexibility index (Phi) is 5.47. The summed E-state index contributed by atoms with van der Waals surface area (Å²) in [7, 11) is 4.01. The van der Waals surface area contributed by atoms with Crippen LogP contribution in [0, 0.1) is 0 Å². The Balaban J connectivity index is 1.75. The second-order valence-electron chi connectivity index (χ2n) is 6.71. The predicted molar refractivity (Wildman–Crippen MR) is 112 cm³/mol. The van der Waals surface area contributed by atoms with Crippen LogP contribution in [0.4, 0.5) is 11.4 Å². The lowest BCUT2D eigenvalue weighted by Gasteiger charge is -2.11. The number of carbonyl (C=O) groups excluding carboxylic acids is 1. The summed E-state index contributed by atoms with van der Waals surface area (Å²) in [5, 5.41) is 3.45. The van der Waals surface area contributed by atoms with Gasteiger partial charge in [-0.2, -0.15) is 0 Å². The van der Waals surface area contributed by atoms with E-state index in [-0.39, 0.29) is 5.91 Å². The molecular formula is C21H23N3OS. The molecule has 134 valence electrons. The third-order valence-corrected chi connectivity index (χ3v) is 5.06. The SMILES string of the molecule is CC(C)c1ccc(N=C2NC(=O)C(=Cc3ccc(N(C)C)cc3)S2)cc1. The summed E-state index contributed by atoms with van der Waals surface area (Å²) in [5.74, 6) is 0.384. The maximum absolute atomic E-state index is 12.2. The van der Waals surface area contributed by atoms with Crippen LogP contribution in [0.15, 0.2) is 58.4 Å². The molecule has 1 amide bonds. The molecule has 5 heteroatoms. The standard InChI is InChI=1S/C21H23N3OS/c1-14(2)16-7-9-17(10-8-16)22-21-23-20(25)19(26-21)13-15-5-11-18(12-6-15)24(3)4/h5-14H,1-4H3,(H,22,23,25). The minimum Gasteiger partial charge on any atom is -0.378 e. The van der Waals surface area contributed by atoms with E-state index < -0.39 is 0 Å². The van der Waals surface area contributed by atoms with Gasteiger partial charge in [0.2, 0.25) is 0 Å². The van der Waals surface area contributed by atoms with Gasteiger partial charge in [-0.3, -0.25) is 4.79 Å². The highest BCUT2D eigenvalue weighted by Gasteiger charge is 2.23. The van der Waals surface area contributed by atoms with Crippen molar-refractivity contribution in [3.05, 3.63) is 64.6 Å². The molecule has 1 fully saturated rings. The smallest absolute Gasteiger partial charge is 0.264 e. The molecule has 1 saturated heterocycles. The number of amides is 1. The topological polar surface area (TPSA) is 44.7 Å². The highest BCUT2D eigenvalue weighted by atomic mass is 32.2. The van der Waals surface area contributed by atoms with E-state index in [0.29, 0.717) is 16.0 Å². The summed E-state index contributed by atoms with van der Waals surface area (Å²) in [4.78, 5) is 19.4. The van der Waals surface area contributed by atoms with Gasteiger partial charge in [-0.1, -0.05) is 38.1 Å². The zero-order valence-corrected chi connectivity index (χ0v) is 16.3. The van der Waals surface area contributed by atoms with E-state index in [4.69, 9.17) is 0 Å². The fourth-order valence-corrected chi connectivity index (χ4v) is 3.39. The van der Waals surface area contributed by atoms with Crippen LogP contribution in [0.5, 0.6) is 0 Å². The molecule has 0 atom stereocenters. The van der Waals surface area contributed by atoms with Gasteiger partial charge in [-0.25, -0.2) is 4.99 Å². The molecule has 0 aliphatic carbocycles. The van der Waals surface area contributed by atoms with E-state index in [0.717, 1.165) is 16.9 Å². The van der Waals surface area contributed by atoms with E-state index in [1.54, 1.807) is 0 Å². The number of anilines is 1. The number of benzene rings is 2. The Morgan fingerprint density at radius 2 is 1.69 bits per heavy atom. The summed E-state index contributed by atoms with van der Waals surface area (Å²) < 4.78 is 0. The second-order valence-corrected chi connectivity index (χ2v) is 7.74. The first kappa shape index (κ1) is 18.3. The number of rotatable bonds is 4. The zero-order valence-electron chi connectivity index (χ0n) is 15.5. The Hall–Kier alpha value is -2.53. The molecule has 0 aromatic heterocycles.